The zero-order valence-electron chi connectivity index (χ0n) is 45.1. The zero-order chi connectivity index (χ0) is 52.2. The summed E-state index contributed by atoms with van der Waals surface area (Å²) in [4.78, 5) is 13.0. The molecule has 1 rings (SSSR count). The number of aliphatic hydroxyl groups is 5. The van der Waals surface area contributed by atoms with E-state index in [4.69, 9.17) is 9.47 Å². The van der Waals surface area contributed by atoms with Crippen LogP contribution in [0.1, 0.15) is 200 Å². The topological polar surface area (TPSA) is 149 Å². The minimum Gasteiger partial charge on any atom is -0.394 e. The second-order valence-electron chi connectivity index (χ2n) is 19.0. The fourth-order valence-corrected chi connectivity index (χ4v) is 8.01. The molecule has 1 heterocycles. The highest BCUT2D eigenvalue weighted by Gasteiger charge is 2.44. The van der Waals surface area contributed by atoms with Gasteiger partial charge in [0.1, 0.15) is 24.4 Å². The molecule has 6 N–H and O–H groups in total. The molecule has 0 bridgehead atoms. The molecule has 1 fully saturated rings. The summed E-state index contributed by atoms with van der Waals surface area (Å²) in [6, 6.07) is -0.838. The molecule has 0 spiro atoms. The van der Waals surface area contributed by atoms with Crippen molar-refractivity contribution in [2.45, 2.75) is 243 Å². The van der Waals surface area contributed by atoms with Gasteiger partial charge in [0.25, 0.3) is 0 Å². The molecule has 0 aromatic rings. The van der Waals surface area contributed by atoms with Gasteiger partial charge in [-0.25, -0.2) is 0 Å². The summed E-state index contributed by atoms with van der Waals surface area (Å²) in [5.74, 6) is -0.225. The number of hydrogen-bond acceptors (Lipinski definition) is 8. The van der Waals surface area contributed by atoms with E-state index in [2.05, 4.69) is 141 Å². The first-order valence-corrected chi connectivity index (χ1v) is 28.4. The third-order valence-electron chi connectivity index (χ3n) is 12.5. The van der Waals surface area contributed by atoms with Crippen LogP contribution in [0.3, 0.4) is 0 Å². The lowest BCUT2D eigenvalue weighted by molar-refractivity contribution is -0.302. The Labute approximate surface area is 439 Å². The lowest BCUT2D eigenvalue weighted by Gasteiger charge is -2.40. The van der Waals surface area contributed by atoms with E-state index in [-0.39, 0.29) is 18.9 Å². The molecule has 0 radical (unpaired) electrons. The average molecular weight is 1000 g/mol. The second kappa shape index (κ2) is 50.8. The fourth-order valence-electron chi connectivity index (χ4n) is 8.01. The Hall–Kier alpha value is -3.67. The Morgan fingerprint density at radius 1 is 0.486 bits per heavy atom. The smallest absolute Gasteiger partial charge is 0.220 e. The van der Waals surface area contributed by atoms with Crippen LogP contribution in [0.25, 0.3) is 0 Å². The van der Waals surface area contributed by atoms with Gasteiger partial charge < -0.3 is 40.3 Å². The molecule has 9 heteroatoms. The monoisotopic (exact) mass is 1000 g/mol. The van der Waals surface area contributed by atoms with Crippen LogP contribution in [0.5, 0.6) is 0 Å². The number of rotatable bonds is 46. The van der Waals surface area contributed by atoms with E-state index in [0.29, 0.717) is 6.42 Å². The van der Waals surface area contributed by atoms with Gasteiger partial charge in [0.05, 0.1) is 25.4 Å². The second-order valence-corrected chi connectivity index (χ2v) is 19.0. The minimum atomic E-state index is -1.58. The van der Waals surface area contributed by atoms with E-state index in [1.807, 2.05) is 6.08 Å². The van der Waals surface area contributed by atoms with Gasteiger partial charge in [0, 0.05) is 6.42 Å². The van der Waals surface area contributed by atoms with Crippen LogP contribution >= 0.6 is 0 Å². The Bertz CT molecular complexity index is 1580. The average Bonchev–Trinajstić information content (AvgIpc) is 3.38. The normalized spacial score (nSPS) is 20.2. The van der Waals surface area contributed by atoms with E-state index in [1.165, 1.54) is 77.0 Å². The Morgan fingerprint density at radius 3 is 1.28 bits per heavy atom. The van der Waals surface area contributed by atoms with Gasteiger partial charge >= 0.3 is 0 Å². The molecule has 0 saturated carbocycles. The predicted molar refractivity (Wildman–Crippen MR) is 303 cm³/mol. The van der Waals surface area contributed by atoms with Gasteiger partial charge in [0.15, 0.2) is 6.29 Å². The van der Waals surface area contributed by atoms with E-state index in [9.17, 15) is 30.3 Å². The van der Waals surface area contributed by atoms with Crippen molar-refractivity contribution in [1.82, 2.24) is 5.32 Å². The van der Waals surface area contributed by atoms with Crippen molar-refractivity contribution >= 4 is 5.91 Å². The van der Waals surface area contributed by atoms with Crippen LogP contribution in [0.4, 0.5) is 0 Å². The van der Waals surface area contributed by atoms with E-state index in [1.54, 1.807) is 6.08 Å². The highest BCUT2D eigenvalue weighted by Crippen LogP contribution is 2.22. The van der Waals surface area contributed by atoms with Crippen molar-refractivity contribution in [1.29, 1.82) is 0 Å². The van der Waals surface area contributed by atoms with Crippen molar-refractivity contribution < 1.29 is 39.8 Å². The Kier molecular flexibility index (Phi) is 46.9. The first-order chi connectivity index (χ1) is 35.3. The molecule has 7 atom stereocenters. The van der Waals surface area contributed by atoms with Crippen molar-refractivity contribution in [3.63, 3.8) is 0 Å². The summed E-state index contributed by atoms with van der Waals surface area (Å²) in [6.45, 7) is 3.62. The van der Waals surface area contributed by atoms with E-state index < -0.39 is 49.5 Å². The molecule has 1 aliphatic heterocycles. The minimum absolute atomic E-state index is 0.215. The standard InChI is InChI=1S/C63H103NO8/c1-3-5-7-9-11-13-15-17-19-21-22-23-24-25-26-27-28-29-30-31-32-33-34-35-36-37-39-41-43-45-47-49-51-53-59(67)64-56(55-71-63-62(70)61(69)60(68)58(54-65)72-63)57(66)52-50-48-46-44-42-40-38-20-18-16-14-12-10-8-6-4-2/h5,7,11,13,17,19,22-23,25-26,28-29,31-32,34-35,37,39,43,45,50,52,56-58,60-63,65-66,68-70H,3-4,6,8-10,12,14-16,18,20-21,24,27,30,33,36,38,40-42,44,46-49,51,53-55H2,1-2H3,(H,64,67)/b7-5-,13-11-,19-17-,23-22-,26-25-,29-28-,32-31-,35-34-,39-37-,45-43-,52-50+. The van der Waals surface area contributed by atoms with Crippen LogP contribution < -0.4 is 5.32 Å². The molecule has 0 aromatic carbocycles. The number of unbranched alkanes of at least 4 members (excludes halogenated alkanes) is 16. The molecule has 0 aliphatic carbocycles. The predicted octanol–water partition coefficient (Wildman–Crippen LogP) is 14.1. The number of carbonyl (C=O) groups is 1. The molecule has 72 heavy (non-hydrogen) atoms. The number of ether oxygens (including phenoxy) is 2. The number of aliphatic hydroxyl groups excluding tert-OH is 5. The summed E-state index contributed by atoms with van der Waals surface area (Å²) in [5, 5.41) is 54.4. The maximum atomic E-state index is 13.0. The van der Waals surface area contributed by atoms with Crippen LogP contribution in [0, 0.1) is 0 Å². The van der Waals surface area contributed by atoms with Gasteiger partial charge in [-0.3, -0.25) is 4.79 Å². The quantitative estimate of drug-likeness (QED) is 0.0261. The van der Waals surface area contributed by atoms with Crippen molar-refractivity contribution in [3.05, 3.63) is 134 Å². The van der Waals surface area contributed by atoms with Crippen LogP contribution in [-0.4, -0.2) is 87.5 Å². The summed E-state index contributed by atoms with van der Waals surface area (Å²) >= 11 is 0. The maximum absolute atomic E-state index is 13.0. The van der Waals surface area contributed by atoms with E-state index in [0.717, 1.165) is 96.3 Å². The molecular weight excluding hydrogens is 899 g/mol. The molecule has 0 aromatic heterocycles. The van der Waals surface area contributed by atoms with Crippen LogP contribution in [0.15, 0.2) is 134 Å². The Morgan fingerprint density at radius 2 is 0.861 bits per heavy atom. The number of nitrogens with one attached hydrogen (secondary N) is 1. The highest BCUT2D eigenvalue weighted by molar-refractivity contribution is 5.76. The van der Waals surface area contributed by atoms with Crippen molar-refractivity contribution in [2.24, 2.45) is 0 Å². The summed E-state index contributed by atoms with van der Waals surface area (Å²) < 4.78 is 11.2. The maximum Gasteiger partial charge on any atom is 0.220 e. The number of allylic oxidation sites excluding steroid dienone is 21. The van der Waals surface area contributed by atoms with Gasteiger partial charge in [0.2, 0.25) is 5.91 Å². The first-order valence-electron chi connectivity index (χ1n) is 28.4. The lowest BCUT2D eigenvalue weighted by Crippen LogP contribution is -2.60. The van der Waals surface area contributed by atoms with Gasteiger partial charge in [-0.05, 0) is 96.3 Å². The van der Waals surface area contributed by atoms with E-state index >= 15 is 0 Å². The molecule has 408 valence electrons. The Balaban J connectivity index is 2.29. The van der Waals surface area contributed by atoms with Crippen LogP contribution in [-0.2, 0) is 14.3 Å². The summed E-state index contributed by atoms with van der Waals surface area (Å²) in [5.41, 5.74) is 0. The summed E-state index contributed by atoms with van der Waals surface area (Å²) in [7, 11) is 0. The number of carbonyl (C=O) groups excluding carboxylic acids is 1. The largest absolute Gasteiger partial charge is 0.394 e. The summed E-state index contributed by atoms with van der Waals surface area (Å²) in [6.07, 6.45) is 70.8. The SMILES string of the molecule is CC/C=C\C/C=C\C/C=C\C/C=C\C/C=C\C/C=C\C/C=C\C/C=C\C/C=C\C/C=C\CCCCC(=O)NC(COC1OC(CO)C(O)C(O)C1O)C(O)/C=C/CCCCCCCCCCCCCCCC. The van der Waals surface area contributed by atoms with Crippen molar-refractivity contribution in [2.75, 3.05) is 13.2 Å². The van der Waals surface area contributed by atoms with Gasteiger partial charge in [-0.2, -0.15) is 0 Å². The molecule has 7 unspecified atom stereocenters. The molecule has 9 nitrogen and oxygen atoms in total. The number of amides is 1. The van der Waals surface area contributed by atoms with Gasteiger partial charge in [-0.1, -0.05) is 231 Å². The molecule has 1 saturated heterocycles. The first kappa shape index (κ1) is 66.3. The van der Waals surface area contributed by atoms with Crippen LogP contribution in [0.2, 0.25) is 0 Å². The third-order valence-corrected chi connectivity index (χ3v) is 12.5. The lowest BCUT2D eigenvalue weighted by atomic mass is 9.99. The van der Waals surface area contributed by atoms with Crippen molar-refractivity contribution in [3.8, 4) is 0 Å². The molecular formula is C63H103NO8. The fraction of sp³-hybridized carbons (Fsp3) is 0.635. The zero-order valence-corrected chi connectivity index (χ0v) is 45.1. The van der Waals surface area contributed by atoms with Gasteiger partial charge in [-0.15, -0.1) is 0 Å². The molecule has 1 aliphatic rings. The number of hydrogen-bond donors (Lipinski definition) is 6. The molecule has 1 amide bonds. The highest BCUT2D eigenvalue weighted by atomic mass is 16.7. The third kappa shape index (κ3) is 39.8.